The quantitative estimate of drug-likeness (QED) is 0.747. The van der Waals surface area contributed by atoms with Gasteiger partial charge in [0.1, 0.15) is 5.75 Å². The number of benzene rings is 1. The summed E-state index contributed by atoms with van der Waals surface area (Å²) in [6, 6.07) is 7.68. The van der Waals surface area contributed by atoms with Gasteiger partial charge in [-0.25, -0.2) is 0 Å². The largest absolute Gasteiger partial charge is 0.497 e. The minimum atomic E-state index is 0.708. The van der Waals surface area contributed by atoms with Gasteiger partial charge in [0.2, 0.25) is 0 Å². The molecule has 1 aromatic rings. The number of nitrogens with one attached hydrogen (secondary N) is 1. The molecule has 0 bridgehead atoms. The fourth-order valence-electron chi connectivity index (χ4n) is 1.35. The maximum atomic E-state index is 8.92. The minimum Gasteiger partial charge on any atom is -0.497 e. The van der Waals surface area contributed by atoms with Crippen LogP contribution in [0.4, 0.5) is 0 Å². The molecule has 0 saturated heterocycles. The number of hydrogen-bond acceptors (Lipinski definition) is 3. The zero-order valence-electron chi connectivity index (χ0n) is 9.21. The van der Waals surface area contributed by atoms with Crippen molar-refractivity contribution in [3.63, 3.8) is 0 Å². The summed E-state index contributed by atoms with van der Waals surface area (Å²) >= 11 is 0. The molecule has 0 aliphatic carbocycles. The van der Waals surface area contributed by atoms with E-state index in [4.69, 9.17) is 10.00 Å². The third-order valence-corrected chi connectivity index (χ3v) is 2.18. The predicted molar refractivity (Wildman–Crippen MR) is 59.7 cm³/mol. The van der Waals surface area contributed by atoms with Crippen LogP contribution >= 0.6 is 0 Å². The Hall–Kier alpha value is -1.53. The van der Waals surface area contributed by atoms with Crippen molar-refractivity contribution in [1.29, 1.82) is 5.26 Å². The first-order chi connectivity index (χ1) is 7.31. The molecule has 80 valence electrons. The van der Waals surface area contributed by atoms with Gasteiger partial charge in [0.05, 0.1) is 18.7 Å². The van der Waals surface area contributed by atoms with Crippen LogP contribution in [0.5, 0.6) is 5.75 Å². The number of nitrogens with zero attached hydrogens (tertiary/aromatic N) is 1. The molecule has 0 saturated carbocycles. The molecule has 0 fully saturated rings. The van der Waals surface area contributed by atoms with Gasteiger partial charge >= 0.3 is 0 Å². The van der Waals surface area contributed by atoms with Gasteiger partial charge in [-0.3, -0.25) is 0 Å². The van der Waals surface area contributed by atoms with Crippen molar-refractivity contribution in [2.45, 2.75) is 19.9 Å². The molecule has 1 rings (SSSR count). The lowest BCUT2D eigenvalue weighted by molar-refractivity contribution is 0.414. The molecule has 15 heavy (non-hydrogen) atoms. The Labute approximate surface area is 90.7 Å². The molecule has 0 atom stereocenters. The highest BCUT2D eigenvalue weighted by molar-refractivity contribution is 5.42. The monoisotopic (exact) mass is 204 g/mol. The highest BCUT2D eigenvalue weighted by Crippen LogP contribution is 2.16. The number of hydrogen-bond donors (Lipinski definition) is 1. The summed E-state index contributed by atoms with van der Waals surface area (Å²) in [6.07, 6.45) is 1.09. The number of ether oxygens (including phenoxy) is 1. The van der Waals surface area contributed by atoms with Crippen LogP contribution < -0.4 is 10.1 Å². The SMILES string of the molecule is CCCNCc1cc(OC)ccc1C#N. The molecule has 0 spiro atoms. The Balaban J connectivity index is 2.78. The number of methoxy groups -OCH3 is 1. The Morgan fingerprint density at radius 1 is 1.47 bits per heavy atom. The molecule has 3 nitrogen and oxygen atoms in total. The van der Waals surface area contributed by atoms with E-state index in [1.165, 1.54) is 0 Å². The molecule has 0 aromatic heterocycles. The molecule has 0 aliphatic heterocycles. The maximum absolute atomic E-state index is 8.92. The second-order valence-corrected chi connectivity index (χ2v) is 3.31. The molecular weight excluding hydrogens is 188 g/mol. The lowest BCUT2D eigenvalue weighted by Crippen LogP contribution is -2.14. The van der Waals surface area contributed by atoms with Crippen LogP contribution in [0.15, 0.2) is 18.2 Å². The zero-order valence-corrected chi connectivity index (χ0v) is 9.21. The topological polar surface area (TPSA) is 45.0 Å². The highest BCUT2D eigenvalue weighted by atomic mass is 16.5. The average Bonchev–Trinajstić information content (AvgIpc) is 2.29. The van der Waals surface area contributed by atoms with Crippen LogP contribution in [0.2, 0.25) is 0 Å². The van der Waals surface area contributed by atoms with E-state index in [0.717, 1.165) is 24.3 Å². The van der Waals surface area contributed by atoms with Crippen molar-refractivity contribution in [2.75, 3.05) is 13.7 Å². The molecule has 3 heteroatoms. The van der Waals surface area contributed by atoms with Gasteiger partial charge in [0.15, 0.2) is 0 Å². The van der Waals surface area contributed by atoms with Crippen molar-refractivity contribution in [2.24, 2.45) is 0 Å². The second kappa shape index (κ2) is 6.05. The van der Waals surface area contributed by atoms with E-state index in [9.17, 15) is 0 Å². The summed E-state index contributed by atoms with van der Waals surface area (Å²) in [6.45, 7) is 3.79. The van der Waals surface area contributed by atoms with Crippen molar-refractivity contribution in [1.82, 2.24) is 5.32 Å². The van der Waals surface area contributed by atoms with Gasteiger partial charge in [-0.05, 0) is 36.7 Å². The van der Waals surface area contributed by atoms with Gasteiger partial charge in [0.25, 0.3) is 0 Å². The molecule has 0 aliphatic rings. The number of rotatable bonds is 5. The number of nitriles is 1. The van der Waals surface area contributed by atoms with Crippen LogP contribution in [0.3, 0.4) is 0 Å². The first kappa shape index (κ1) is 11.5. The summed E-state index contributed by atoms with van der Waals surface area (Å²) in [5.41, 5.74) is 1.70. The summed E-state index contributed by atoms with van der Waals surface area (Å²) in [5, 5.41) is 12.2. The summed E-state index contributed by atoms with van der Waals surface area (Å²) in [4.78, 5) is 0. The third-order valence-electron chi connectivity index (χ3n) is 2.18. The summed E-state index contributed by atoms with van der Waals surface area (Å²) in [5.74, 6) is 0.794. The van der Waals surface area contributed by atoms with E-state index >= 15 is 0 Å². The molecule has 0 amide bonds. The molecule has 0 radical (unpaired) electrons. The van der Waals surface area contributed by atoms with Crippen molar-refractivity contribution in [3.05, 3.63) is 29.3 Å². The average molecular weight is 204 g/mol. The smallest absolute Gasteiger partial charge is 0.119 e. The van der Waals surface area contributed by atoms with E-state index in [1.807, 2.05) is 12.1 Å². The van der Waals surface area contributed by atoms with E-state index in [-0.39, 0.29) is 0 Å². The third kappa shape index (κ3) is 3.26. The summed E-state index contributed by atoms with van der Waals surface area (Å²) in [7, 11) is 1.63. The molecule has 0 unspecified atom stereocenters. The molecule has 1 N–H and O–H groups in total. The van der Waals surface area contributed by atoms with Gasteiger partial charge in [-0.2, -0.15) is 5.26 Å². The predicted octanol–water partition coefficient (Wildman–Crippen LogP) is 2.07. The fourth-order valence-corrected chi connectivity index (χ4v) is 1.35. The molecule has 1 aromatic carbocycles. The van der Waals surface area contributed by atoms with Crippen LogP contribution in [0.25, 0.3) is 0 Å². The lowest BCUT2D eigenvalue weighted by atomic mass is 10.1. The van der Waals surface area contributed by atoms with Crippen molar-refractivity contribution in [3.8, 4) is 11.8 Å². The standard InChI is InChI=1S/C12H16N2O/c1-3-6-14-9-11-7-12(15-2)5-4-10(11)8-13/h4-5,7,14H,3,6,9H2,1-2H3. The Bertz CT molecular complexity index is 355. The second-order valence-electron chi connectivity index (χ2n) is 3.31. The van der Waals surface area contributed by atoms with Gasteiger partial charge in [0, 0.05) is 6.54 Å². The van der Waals surface area contributed by atoms with E-state index in [1.54, 1.807) is 13.2 Å². The van der Waals surface area contributed by atoms with Crippen molar-refractivity contribution < 1.29 is 4.74 Å². The first-order valence-corrected chi connectivity index (χ1v) is 5.09. The van der Waals surface area contributed by atoms with Crippen LogP contribution in [0, 0.1) is 11.3 Å². The van der Waals surface area contributed by atoms with E-state index in [0.29, 0.717) is 12.1 Å². The highest BCUT2D eigenvalue weighted by Gasteiger charge is 2.03. The zero-order chi connectivity index (χ0) is 11.1. The van der Waals surface area contributed by atoms with Crippen LogP contribution in [0.1, 0.15) is 24.5 Å². The first-order valence-electron chi connectivity index (χ1n) is 5.09. The summed E-state index contributed by atoms with van der Waals surface area (Å²) < 4.78 is 5.12. The lowest BCUT2D eigenvalue weighted by Gasteiger charge is -2.07. The minimum absolute atomic E-state index is 0.708. The Morgan fingerprint density at radius 3 is 2.87 bits per heavy atom. The van der Waals surface area contributed by atoms with Crippen LogP contribution in [-0.2, 0) is 6.54 Å². The van der Waals surface area contributed by atoms with Gasteiger partial charge < -0.3 is 10.1 Å². The van der Waals surface area contributed by atoms with E-state index < -0.39 is 0 Å². The van der Waals surface area contributed by atoms with Gasteiger partial charge in [-0.1, -0.05) is 6.92 Å². The maximum Gasteiger partial charge on any atom is 0.119 e. The fraction of sp³-hybridized carbons (Fsp3) is 0.417. The Kier molecular flexibility index (Phi) is 4.65. The molecule has 0 heterocycles. The van der Waals surface area contributed by atoms with Crippen molar-refractivity contribution >= 4 is 0 Å². The molecular formula is C12H16N2O. The van der Waals surface area contributed by atoms with Gasteiger partial charge in [-0.15, -0.1) is 0 Å². The van der Waals surface area contributed by atoms with Crippen LogP contribution in [-0.4, -0.2) is 13.7 Å². The van der Waals surface area contributed by atoms with E-state index in [2.05, 4.69) is 18.3 Å². The Morgan fingerprint density at radius 2 is 2.27 bits per heavy atom. The normalized spacial score (nSPS) is 9.67.